The fourth-order valence-electron chi connectivity index (χ4n) is 2.56. The van der Waals surface area contributed by atoms with E-state index in [1.54, 1.807) is 12.4 Å². The van der Waals surface area contributed by atoms with Gasteiger partial charge in [0.25, 0.3) is 0 Å². The van der Waals surface area contributed by atoms with E-state index in [1.807, 2.05) is 25.1 Å². The van der Waals surface area contributed by atoms with Crippen LogP contribution in [0.3, 0.4) is 0 Å². The van der Waals surface area contributed by atoms with Gasteiger partial charge in [-0.3, -0.25) is 4.98 Å². The molecule has 7 nitrogen and oxygen atoms in total. The van der Waals surface area contributed by atoms with Crippen LogP contribution in [0.4, 0.5) is 11.8 Å². The van der Waals surface area contributed by atoms with Gasteiger partial charge in [0.05, 0.1) is 18.4 Å². The number of aliphatic hydroxyl groups is 1. The summed E-state index contributed by atoms with van der Waals surface area (Å²) in [5.41, 5.74) is 1.77. The van der Waals surface area contributed by atoms with Crippen LogP contribution in [-0.2, 0) is 4.74 Å². The van der Waals surface area contributed by atoms with Crippen molar-refractivity contribution >= 4 is 11.8 Å². The fourth-order valence-corrected chi connectivity index (χ4v) is 2.56. The average molecular weight is 329 g/mol. The number of aromatic nitrogens is 3. The second-order valence-electron chi connectivity index (χ2n) is 5.94. The number of ether oxygens (including phenoxy) is 1. The van der Waals surface area contributed by atoms with Crippen LogP contribution in [0.5, 0.6) is 0 Å². The molecule has 0 aromatic carbocycles. The normalized spacial score (nSPS) is 18.3. The highest BCUT2D eigenvalue weighted by Crippen LogP contribution is 2.22. The number of hydrogen-bond acceptors (Lipinski definition) is 7. The molecule has 0 amide bonds. The van der Waals surface area contributed by atoms with E-state index in [0.29, 0.717) is 5.95 Å². The van der Waals surface area contributed by atoms with Crippen LogP contribution in [0, 0.1) is 0 Å². The standard InChI is InChI=1S/C17H23N5O2/c1-12(11-23)20-17-21-15(13-4-6-18-7-5-13)9-16(22-17)19-10-14-3-2-8-24-14/h4-7,9,12,14,23H,2-3,8,10-11H2,1H3,(H2,19,20,21,22)/t12-,14+/m1/s1. The Morgan fingerprint density at radius 2 is 2.17 bits per heavy atom. The molecule has 0 spiro atoms. The summed E-state index contributed by atoms with van der Waals surface area (Å²) in [6.07, 6.45) is 5.89. The minimum absolute atomic E-state index is 0.0154. The Bertz CT molecular complexity index is 647. The molecule has 1 fully saturated rings. The third-order valence-corrected chi connectivity index (χ3v) is 3.89. The summed E-state index contributed by atoms with van der Waals surface area (Å²) in [5.74, 6) is 1.22. The van der Waals surface area contributed by atoms with Crippen molar-refractivity contribution in [2.45, 2.75) is 31.9 Å². The number of nitrogens with one attached hydrogen (secondary N) is 2. The van der Waals surface area contributed by atoms with Crippen molar-refractivity contribution in [2.24, 2.45) is 0 Å². The van der Waals surface area contributed by atoms with Gasteiger partial charge < -0.3 is 20.5 Å². The molecule has 3 rings (SSSR count). The van der Waals surface area contributed by atoms with Gasteiger partial charge in [-0.15, -0.1) is 0 Å². The van der Waals surface area contributed by atoms with Gasteiger partial charge in [-0.05, 0) is 31.9 Å². The number of aliphatic hydroxyl groups excluding tert-OH is 1. The lowest BCUT2D eigenvalue weighted by molar-refractivity contribution is 0.120. The molecule has 3 N–H and O–H groups in total. The Labute approximate surface area is 141 Å². The number of hydrogen-bond donors (Lipinski definition) is 3. The first kappa shape index (κ1) is 16.6. The van der Waals surface area contributed by atoms with Crippen molar-refractivity contribution in [3.63, 3.8) is 0 Å². The van der Waals surface area contributed by atoms with Gasteiger partial charge in [0.2, 0.25) is 5.95 Å². The number of anilines is 2. The molecule has 0 saturated carbocycles. The molecule has 24 heavy (non-hydrogen) atoms. The zero-order valence-corrected chi connectivity index (χ0v) is 13.8. The monoisotopic (exact) mass is 329 g/mol. The van der Waals surface area contributed by atoms with Gasteiger partial charge in [-0.2, -0.15) is 4.98 Å². The Kier molecular flexibility index (Phi) is 5.55. The SMILES string of the molecule is C[C@H](CO)Nc1nc(NC[C@@H]2CCCO2)cc(-c2ccncc2)n1. The van der Waals surface area contributed by atoms with Crippen LogP contribution < -0.4 is 10.6 Å². The molecular formula is C17H23N5O2. The Morgan fingerprint density at radius 3 is 2.88 bits per heavy atom. The van der Waals surface area contributed by atoms with Crippen molar-refractivity contribution in [3.05, 3.63) is 30.6 Å². The minimum Gasteiger partial charge on any atom is -0.394 e. The van der Waals surface area contributed by atoms with Crippen LogP contribution in [0.2, 0.25) is 0 Å². The van der Waals surface area contributed by atoms with E-state index in [-0.39, 0.29) is 18.8 Å². The summed E-state index contributed by atoms with van der Waals surface area (Å²) in [6.45, 7) is 3.45. The summed E-state index contributed by atoms with van der Waals surface area (Å²) in [5, 5.41) is 15.7. The average Bonchev–Trinajstić information content (AvgIpc) is 3.14. The Balaban J connectivity index is 1.81. The summed E-state index contributed by atoms with van der Waals surface area (Å²) >= 11 is 0. The number of nitrogens with zero attached hydrogens (tertiary/aromatic N) is 3. The molecule has 0 radical (unpaired) electrons. The molecule has 2 aromatic heterocycles. The Hall–Kier alpha value is -2.25. The fraction of sp³-hybridized carbons (Fsp3) is 0.471. The Morgan fingerprint density at radius 1 is 1.33 bits per heavy atom. The largest absolute Gasteiger partial charge is 0.394 e. The molecule has 2 aromatic rings. The summed E-state index contributed by atoms with van der Waals surface area (Å²) in [7, 11) is 0. The van der Waals surface area contributed by atoms with Gasteiger partial charge in [0.15, 0.2) is 0 Å². The third-order valence-electron chi connectivity index (χ3n) is 3.89. The maximum Gasteiger partial charge on any atom is 0.225 e. The molecule has 7 heteroatoms. The van der Waals surface area contributed by atoms with Crippen LogP contribution in [0.25, 0.3) is 11.3 Å². The first-order chi connectivity index (χ1) is 11.7. The van der Waals surface area contributed by atoms with E-state index in [2.05, 4.69) is 25.6 Å². The lowest BCUT2D eigenvalue weighted by atomic mass is 10.2. The second kappa shape index (κ2) is 8.03. The van der Waals surface area contributed by atoms with E-state index in [0.717, 1.165) is 43.1 Å². The predicted molar refractivity (Wildman–Crippen MR) is 92.9 cm³/mol. The second-order valence-corrected chi connectivity index (χ2v) is 5.94. The van der Waals surface area contributed by atoms with Gasteiger partial charge in [-0.25, -0.2) is 4.98 Å². The summed E-state index contributed by atoms with van der Waals surface area (Å²) in [6, 6.07) is 5.61. The van der Waals surface area contributed by atoms with Crippen LogP contribution >= 0.6 is 0 Å². The molecule has 3 heterocycles. The first-order valence-corrected chi connectivity index (χ1v) is 8.27. The molecule has 1 aliphatic rings. The lowest BCUT2D eigenvalue weighted by Crippen LogP contribution is -2.22. The van der Waals surface area contributed by atoms with Crippen molar-refractivity contribution in [2.75, 3.05) is 30.4 Å². The zero-order chi connectivity index (χ0) is 16.8. The minimum atomic E-state index is -0.122. The van der Waals surface area contributed by atoms with Gasteiger partial charge in [-0.1, -0.05) is 0 Å². The lowest BCUT2D eigenvalue weighted by Gasteiger charge is -2.15. The van der Waals surface area contributed by atoms with E-state index >= 15 is 0 Å². The van der Waals surface area contributed by atoms with E-state index in [4.69, 9.17) is 4.74 Å². The zero-order valence-electron chi connectivity index (χ0n) is 13.8. The predicted octanol–water partition coefficient (Wildman–Crippen LogP) is 1.92. The molecule has 0 unspecified atom stereocenters. The quantitative estimate of drug-likeness (QED) is 0.714. The maximum absolute atomic E-state index is 9.24. The summed E-state index contributed by atoms with van der Waals surface area (Å²) < 4.78 is 5.64. The number of rotatable bonds is 7. The molecule has 2 atom stereocenters. The topological polar surface area (TPSA) is 92.2 Å². The highest BCUT2D eigenvalue weighted by Gasteiger charge is 2.16. The van der Waals surface area contributed by atoms with Gasteiger partial charge >= 0.3 is 0 Å². The third kappa shape index (κ3) is 4.39. The van der Waals surface area contributed by atoms with Gasteiger partial charge in [0.1, 0.15) is 5.82 Å². The molecule has 0 bridgehead atoms. The van der Waals surface area contributed by atoms with Crippen LogP contribution in [0.1, 0.15) is 19.8 Å². The number of pyridine rings is 1. The van der Waals surface area contributed by atoms with Gasteiger partial charge in [0, 0.05) is 43.2 Å². The highest BCUT2D eigenvalue weighted by molar-refractivity contribution is 5.63. The van der Waals surface area contributed by atoms with E-state index in [1.165, 1.54) is 0 Å². The van der Waals surface area contributed by atoms with Crippen molar-refractivity contribution in [1.82, 2.24) is 15.0 Å². The molecule has 128 valence electrons. The molecule has 1 aliphatic heterocycles. The van der Waals surface area contributed by atoms with Crippen LogP contribution in [-0.4, -0.2) is 52.0 Å². The summed E-state index contributed by atoms with van der Waals surface area (Å²) in [4.78, 5) is 13.1. The molecule has 1 saturated heterocycles. The van der Waals surface area contributed by atoms with Crippen molar-refractivity contribution < 1.29 is 9.84 Å². The van der Waals surface area contributed by atoms with Crippen molar-refractivity contribution in [3.8, 4) is 11.3 Å². The van der Waals surface area contributed by atoms with Crippen LogP contribution in [0.15, 0.2) is 30.6 Å². The molecule has 0 aliphatic carbocycles. The molecular weight excluding hydrogens is 306 g/mol. The first-order valence-electron chi connectivity index (χ1n) is 8.27. The van der Waals surface area contributed by atoms with Crippen molar-refractivity contribution in [1.29, 1.82) is 0 Å². The highest BCUT2D eigenvalue weighted by atomic mass is 16.5. The van der Waals surface area contributed by atoms with E-state index < -0.39 is 0 Å². The smallest absolute Gasteiger partial charge is 0.225 e. The maximum atomic E-state index is 9.24. The van der Waals surface area contributed by atoms with E-state index in [9.17, 15) is 5.11 Å².